The number of nitrogens with one attached hydrogen (secondary N) is 2. The third-order valence-electron chi connectivity index (χ3n) is 7.44. The lowest BCUT2D eigenvalue weighted by Gasteiger charge is -2.35. The Morgan fingerprint density at radius 3 is 2.30 bits per heavy atom. The molecule has 15 heteroatoms. The van der Waals surface area contributed by atoms with Gasteiger partial charge in [-0.15, -0.1) is 45.9 Å². The zero-order chi connectivity index (χ0) is 33.0. The largest absolute Gasteiger partial charge is 0.456 e. The first kappa shape index (κ1) is 36.2. The summed E-state index contributed by atoms with van der Waals surface area (Å²) in [5.74, 6) is -2.61. The van der Waals surface area contributed by atoms with Crippen LogP contribution in [0.3, 0.4) is 0 Å². The van der Waals surface area contributed by atoms with Crippen LogP contribution in [0.5, 0.6) is 0 Å². The first-order valence-electron chi connectivity index (χ1n) is 14.3. The van der Waals surface area contributed by atoms with Gasteiger partial charge in [0, 0.05) is 10.8 Å². The van der Waals surface area contributed by atoms with Crippen LogP contribution in [0, 0.1) is 11.3 Å². The highest BCUT2D eigenvalue weighted by Gasteiger charge is 2.45. The number of aromatic nitrogens is 2. The summed E-state index contributed by atoms with van der Waals surface area (Å²) in [5.41, 5.74) is -2.97. The van der Waals surface area contributed by atoms with Crippen molar-refractivity contribution in [3.05, 3.63) is 32.2 Å². The van der Waals surface area contributed by atoms with E-state index in [9.17, 15) is 24.3 Å². The van der Waals surface area contributed by atoms with E-state index in [2.05, 4.69) is 20.6 Å². The number of fused-ring (bicyclic) bond motifs is 4. The highest BCUT2D eigenvalue weighted by atomic mass is 35.5. The van der Waals surface area contributed by atoms with E-state index in [1.54, 1.807) is 26.2 Å². The number of halogens is 2. The highest BCUT2D eigenvalue weighted by molar-refractivity contribution is 7.10. The van der Waals surface area contributed by atoms with Gasteiger partial charge in [-0.05, 0) is 59.8 Å². The number of hydrogen-bond donors (Lipinski definition) is 3. The molecule has 4 bridgehead atoms. The van der Waals surface area contributed by atoms with Crippen LogP contribution in [0.4, 0.5) is 0 Å². The number of hydrogen-bond acceptors (Lipinski definition) is 11. The predicted octanol–water partition coefficient (Wildman–Crippen LogP) is 5.52. The molecule has 0 radical (unpaired) electrons. The molecule has 0 fully saturated rings. The summed E-state index contributed by atoms with van der Waals surface area (Å²) in [7, 11) is 0. The summed E-state index contributed by atoms with van der Waals surface area (Å²) >= 11 is 14.6. The number of carbonyl (C=O) groups excluding carboxylic acids is 4. The second kappa shape index (κ2) is 14.4. The van der Waals surface area contributed by atoms with Crippen molar-refractivity contribution in [2.45, 2.75) is 102 Å². The number of aliphatic hydroxyl groups is 1. The van der Waals surface area contributed by atoms with E-state index in [1.165, 1.54) is 30.6 Å². The molecule has 2 aromatic rings. The van der Waals surface area contributed by atoms with Gasteiger partial charge in [-0.2, -0.15) is 0 Å². The van der Waals surface area contributed by atoms with E-state index >= 15 is 0 Å². The Bertz CT molecular complexity index is 1350. The van der Waals surface area contributed by atoms with Gasteiger partial charge < -0.3 is 25.2 Å². The number of nitrogens with zero attached hydrogens (tertiary/aromatic N) is 2. The molecule has 11 nitrogen and oxygen atoms in total. The average molecular weight is 692 g/mol. The molecule has 0 saturated carbocycles. The molecule has 2 amide bonds. The van der Waals surface area contributed by atoms with E-state index in [1.807, 2.05) is 13.8 Å². The molecular formula is C29H40Cl2N4O7S2. The molecule has 2 aromatic heterocycles. The number of amides is 2. The third-order valence-corrected chi connectivity index (χ3v) is 9.64. The van der Waals surface area contributed by atoms with Crippen LogP contribution >= 0.6 is 45.9 Å². The Morgan fingerprint density at radius 1 is 1.07 bits per heavy atom. The molecule has 3 heterocycles. The topological polar surface area (TPSA) is 157 Å². The molecule has 4 atom stereocenters. The first-order chi connectivity index (χ1) is 20.3. The highest BCUT2D eigenvalue weighted by Crippen LogP contribution is 2.38. The van der Waals surface area contributed by atoms with Gasteiger partial charge in [-0.1, -0.05) is 20.3 Å². The molecule has 1 aliphatic heterocycles. The minimum Gasteiger partial charge on any atom is -0.456 e. The van der Waals surface area contributed by atoms with E-state index in [-0.39, 0.29) is 35.3 Å². The molecule has 0 saturated heterocycles. The van der Waals surface area contributed by atoms with Crippen molar-refractivity contribution in [1.29, 1.82) is 0 Å². The summed E-state index contributed by atoms with van der Waals surface area (Å²) < 4.78 is 10.7. The van der Waals surface area contributed by atoms with Gasteiger partial charge in [-0.25, -0.2) is 14.8 Å². The Balaban J connectivity index is 2.07. The number of alkyl halides is 2. The smallest absolute Gasteiger partial charge is 0.358 e. The quantitative estimate of drug-likeness (QED) is 0.251. The molecule has 0 spiro atoms. The summed E-state index contributed by atoms with van der Waals surface area (Å²) in [6, 6.07) is -0.524. The Kier molecular flexibility index (Phi) is 11.8. The van der Waals surface area contributed by atoms with Gasteiger partial charge in [0.1, 0.15) is 31.7 Å². The number of ether oxygens (including phenoxy) is 2. The van der Waals surface area contributed by atoms with Crippen LogP contribution in [0.2, 0.25) is 0 Å². The predicted molar refractivity (Wildman–Crippen MR) is 169 cm³/mol. The molecule has 244 valence electrons. The fourth-order valence-electron chi connectivity index (χ4n) is 4.44. The molecule has 0 aromatic carbocycles. The van der Waals surface area contributed by atoms with Crippen molar-refractivity contribution in [1.82, 2.24) is 20.6 Å². The third kappa shape index (κ3) is 9.35. The normalized spacial score (nSPS) is 22.9. The van der Waals surface area contributed by atoms with Crippen molar-refractivity contribution in [2.24, 2.45) is 11.3 Å². The van der Waals surface area contributed by atoms with Crippen LogP contribution in [0.1, 0.15) is 117 Å². The van der Waals surface area contributed by atoms with Crippen LogP contribution in [-0.2, 0) is 19.1 Å². The second-order valence-corrected chi connectivity index (χ2v) is 15.9. The van der Waals surface area contributed by atoms with Gasteiger partial charge in [0.2, 0.25) is 5.91 Å². The molecular weight excluding hydrogens is 651 g/mol. The standard InChI is InChI=1S/C29H40Cl2N4O7S2/c1-8-15(2)20-23-34-17(14-43-23)25(38)41-18(10-9-11-29(7,30)31)27(3,4)26(39)42-21(28(5,6)40)24-33-16(13-44-24)22(37)32-12-19(36)35-20/h13-15,18,20-21,40H,8-12H2,1-7H3,(H,32,37)(H,35,36)/t15-,18-,20-,21+/m0/s1. The van der Waals surface area contributed by atoms with Crippen molar-refractivity contribution < 1.29 is 33.8 Å². The summed E-state index contributed by atoms with van der Waals surface area (Å²) in [4.78, 5) is 61.7. The van der Waals surface area contributed by atoms with Crippen molar-refractivity contribution in [2.75, 3.05) is 6.54 Å². The second-order valence-electron chi connectivity index (χ2n) is 12.3. The van der Waals surface area contributed by atoms with Crippen molar-refractivity contribution >= 4 is 69.6 Å². The minimum atomic E-state index is -1.59. The molecule has 1 aliphatic rings. The zero-order valence-corrected chi connectivity index (χ0v) is 29.0. The molecule has 44 heavy (non-hydrogen) atoms. The fraction of sp³-hybridized carbons (Fsp3) is 0.655. The number of thiazole rings is 2. The maximum atomic E-state index is 13.8. The Labute approximate surface area is 275 Å². The zero-order valence-electron chi connectivity index (χ0n) is 25.9. The van der Waals surface area contributed by atoms with E-state index < -0.39 is 57.4 Å². The summed E-state index contributed by atoms with van der Waals surface area (Å²) in [6.45, 7) is 11.3. The van der Waals surface area contributed by atoms with Crippen LogP contribution < -0.4 is 10.6 Å². The number of cyclic esters (lactones) is 2. The van der Waals surface area contributed by atoms with Gasteiger partial charge in [0.25, 0.3) is 5.91 Å². The van der Waals surface area contributed by atoms with E-state index in [0.29, 0.717) is 24.3 Å². The molecule has 3 rings (SSSR count). The maximum absolute atomic E-state index is 13.8. The van der Waals surface area contributed by atoms with Crippen LogP contribution in [0.15, 0.2) is 10.8 Å². The lowest BCUT2D eigenvalue weighted by molar-refractivity contribution is -0.179. The van der Waals surface area contributed by atoms with Gasteiger partial charge in [0.15, 0.2) is 11.8 Å². The van der Waals surface area contributed by atoms with E-state index in [0.717, 1.165) is 11.3 Å². The Hall–Kier alpha value is -2.32. The van der Waals surface area contributed by atoms with E-state index in [4.69, 9.17) is 32.7 Å². The Morgan fingerprint density at radius 2 is 1.68 bits per heavy atom. The van der Waals surface area contributed by atoms with Crippen molar-refractivity contribution in [3.8, 4) is 0 Å². The van der Waals surface area contributed by atoms with Gasteiger partial charge in [0.05, 0.1) is 18.0 Å². The number of carbonyl (C=O) groups is 4. The molecule has 3 N–H and O–H groups in total. The number of esters is 2. The SMILES string of the molecule is CC[C@H](C)[C@@H]1NC(=O)CNC(=O)c2csc(n2)[C@H](C(C)(C)O)OC(=O)C(C)(C)[C@H](CCCC(C)(Cl)Cl)OC(=O)c2csc1n2. The minimum absolute atomic E-state index is 0.000298. The van der Waals surface area contributed by atoms with Gasteiger partial charge >= 0.3 is 11.9 Å². The summed E-state index contributed by atoms with van der Waals surface area (Å²) in [6.07, 6.45) is -0.533. The lowest BCUT2D eigenvalue weighted by Crippen LogP contribution is -2.44. The molecule has 0 aliphatic carbocycles. The summed E-state index contributed by atoms with van der Waals surface area (Å²) in [5, 5.41) is 20.1. The fourth-order valence-corrected chi connectivity index (χ4v) is 6.68. The maximum Gasteiger partial charge on any atom is 0.358 e. The monoisotopic (exact) mass is 690 g/mol. The van der Waals surface area contributed by atoms with Gasteiger partial charge in [-0.3, -0.25) is 14.4 Å². The van der Waals surface area contributed by atoms with Crippen molar-refractivity contribution in [3.63, 3.8) is 0 Å². The van der Waals surface area contributed by atoms with Crippen LogP contribution in [0.25, 0.3) is 0 Å². The lowest BCUT2D eigenvalue weighted by atomic mass is 9.83. The van der Waals surface area contributed by atoms with Crippen LogP contribution in [-0.4, -0.2) is 61.4 Å². The molecule has 0 unspecified atom stereocenters. The first-order valence-corrected chi connectivity index (χ1v) is 16.9. The number of rotatable bonds is 7. The average Bonchev–Trinajstić information content (AvgIpc) is 3.61.